The third kappa shape index (κ3) is 3.24. The molecule has 0 radical (unpaired) electrons. The summed E-state index contributed by atoms with van der Waals surface area (Å²) in [7, 11) is 0. The molecular formula is C16H22BrN3O. The van der Waals surface area contributed by atoms with Gasteiger partial charge < -0.3 is 10.6 Å². The lowest BCUT2D eigenvalue weighted by Gasteiger charge is -2.38. The van der Waals surface area contributed by atoms with Crippen molar-refractivity contribution in [1.29, 1.82) is 0 Å². The van der Waals surface area contributed by atoms with Gasteiger partial charge >= 0.3 is 0 Å². The molecule has 0 atom stereocenters. The number of piperazine rings is 1. The van der Waals surface area contributed by atoms with Crippen LogP contribution in [-0.4, -0.2) is 47.9 Å². The van der Waals surface area contributed by atoms with Crippen LogP contribution < -0.4 is 5.73 Å². The van der Waals surface area contributed by atoms with Crippen LogP contribution in [-0.2, 0) is 0 Å². The Morgan fingerprint density at radius 2 is 1.81 bits per heavy atom. The summed E-state index contributed by atoms with van der Waals surface area (Å²) in [6.45, 7) is 3.59. The summed E-state index contributed by atoms with van der Waals surface area (Å²) in [4.78, 5) is 17.1. The molecule has 21 heavy (non-hydrogen) atoms. The van der Waals surface area contributed by atoms with Crippen LogP contribution in [0, 0.1) is 0 Å². The number of rotatable bonds is 2. The van der Waals surface area contributed by atoms with Crippen LogP contribution in [0.15, 0.2) is 22.7 Å². The second-order valence-corrected chi connectivity index (χ2v) is 6.91. The van der Waals surface area contributed by atoms with Crippen molar-refractivity contribution in [2.75, 3.05) is 31.9 Å². The molecule has 1 aromatic carbocycles. The fourth-order valence-corrected chi connectivity index (χ4v) is 3.80. The molecule has 1 saturated heterocycles. The van der Waals surface area contributed by atoms with Gasteiger partial charge in [0.25, 0.3) is 5.91 Å². The van der Waals surface area contributed by atoms with Gasteiger partial charge in [0.15, 0.2) is 0 Å². The maximum absolute atomic E-state index is 12.6. The van der Waals surface area contributed by atoms with Gasteiger partial charge in [-0.15, -0.1) is 0 Å². The molecule has 1 amide bonds. The molecule has 2 aliphatic rings. The lowest BCUT2D eigenvalue weighted by molar-refractivity contribution is 0.0574. The zero-order valence-electron chi connectivity index (χ0n) is 12.2. The van der Waals surface area contributed by atoms with E-state index in [9.17, 15) is 4.79 Å². The van der Waals surface area contributed by atoms with Crippen LogP contribution in [0.25, 0.3) is 0 Å². The highest BCUT2D eigenvalue weighted by Crippen LogP contribution is 2.25. The molecular weight excluding hydrogens is 330 g/mol. The molecule has 1 aromatic rings. The van der Waals surface area contributed by atoms with E-state index in [2.05, 4.69) is 20.8 Å². The Morgan fingerprint density at radius 3 is 2.48 bits per heavy atom. The van der Waals surface area contributed by atoms with E-state index in [0.29, 0.717) is 11.3 Å². The minimum atomic E-state index is 0.0554. The summed E-state index contributed by atoms with van der Waals surface area (Å²) in [6, 6.07) is 6.22. The monoisotopic (exact) mass is 351 g/mol. The van der Waals surface area contributed by atoms with Gasteiger partial charge in [-0.05, 0) is 31.0 Å². The Kier molecular flexibility index (Phi) is 4.50. The number of nitrogen functional groups attached to an aromatic ring is 1. The normalized spacial score (nSPS) is 20.9. The first-order valence-electron chi connectivity index (χ1n) is 7.73. The van der Waals surface area contributed by atoms with Crippen LogP contribution in [0.1, 0.15) is 36.0 Å². The van der Waals surface area contributed by atoms with Crippen molar-refractivity contribution in [3.05, 3.63) is 28.2 Å². The molecule has 114 valence electrons. The van der Waals surface area contributed by atoms with Crippen LogP contribution in [0.3, 0.4) is 0 Å². The van der Waals surface area contributed by atoms with E-state index < -0.39 is 0 Å². The van der Waals surface area contributed by atoms with Gasteiger partial charge in [-0.25, -0.2) is 0 Å². The van der Waals surface area contributed by atoms with E-state index in [1.807, 2.05) is 17.0 Å². The lowest BCUT2D eigenvalue weighted by Crippen LogP contribution is -2.51. The van der Waals surface area contributed by atoms with Gasteiger partial charge in [0, 0.05) is 42.4 Å². The fourth-order valence-electron chi connectivity index (χ4n) is 3.44. The number of halogens is 1. The average Bonchev–Trinajstić information content (AvgIpc) is 3.03. The molecule has 2 N–H and O–H groups in total. The summed E-state index contributed by atoms with van der Waals surface area (Å²) >= 11 is 3.41. The average molecular weight is 352 g/mol. The standard InChI is InChI=1S/C16H22BrN3O/c17-12-5-6-15(18)14(11-12)16(21)20-9-7-19(8-10-20)13-3-1-2-4-13/h5-6,11,13H,1-4,7-10,18H2. The van der Waals surface area contributed by atoms with E-state index in [-0.39, 0.29) is 5.91 Å². The van der Waals surface area contributed by atoms with Crippen LogP contribution in [0.4, 0.5) is 5.69 Å². The number of anilines is 1. The van der Waals surface area contributed by atoms with Crippen molar-refractivity contribution in [3.8, 4) is 0 Å². The molecule has 1 heterocycles. The SMILES string of the molecule is Nc1ccc(Br)cc1C(=O)N1CCN(C2CCCC2)CC1. The largest absolute Gasteiger partial charge is 0.398 e. The van der Waals surface area contributed by atoms with Crippen molar-refractivity contribution >= 4 is 27.5 Å². The number of hydrogen-bond donors (Lipinski definition) is 1. The Bertz CT molecular complexity index is 520. The maximum Gasteiger partial charge on any atom is 0.256 e. The summed E-state index contributed by atoms with van der Waals surface area (Å²) in [5, 5.41) is 0. The van der Waals surface area contributed by atoms with E-state index in [1.54, 1.807) is 6.07 Å². The molecule has 0 spiro atoms. The van der Waals surface area contributed by atoms with E-state index in [4.69, 9.17) is 5.73 Å². The third-order valence-corrected chi connectivity index (χ3v) is 5.18. The minimum Gasteiger partial charge on any atom is -0.398 e. The number of hydrogen-bond acceptors (Lipinski definition) is 3. The molecule has 0 unspecified atom stereocenters. The van der Waals surface area contributed by atoms with Crippen LogP contribution >= 0.6 is 15.9 Å². The second kappa shape index (κ2) is 6.36. The Balaban J connectivity index is 1.63. The molecule has 5 heteroatoms. The van der Waals surface area contributed by atoms with Crippen molar-refractivity contribution in [2.24, 2.45) is 0 Å². The summed E-state index contributed by atoms with van der Waals surface area (Å²) in [5.41, 5.74) is 7.11. The van der Waals surface area contributed by atoms with Gasteiger partial charge in [0.05, 0.1) is 5.56 Å². The van der Waals surface area contributed by atoms with Gasteiger partial charge in [0.2, 0.25) is 0 Å². The highest BCUT2D eigenvalue weighted by Gasteiger charge is 2.28. The summed E-state index contributed by atoms with van der Waals surface area (Å²) < 4.78 is 0.893. The van der Waals surface area contributed by atoms with Crippen molar-refractivity contribution in [1.82, 2.24) is 9.80 Å². The van der Waals surface area contributed by atoms with Gasteiger partial charge in [-0.2, -0.15) is 0 Å². The summed E-state index contributed by atoms with van der Waals surface area (Å²) in [5.74, 6) is 0.0554. The lowest BCUT2D eigenvalue weighted by atomic mass is 10.1. The predicted octanol–water partition coefficient (Wildman–Crippen LogP) is 2.73. The number of carbonyl (C=O) groups excluding carboxylic acids is 1. The number of carbonyl (C=O) groups is 1. The molecule has 1 aliphatic carbocycles. The highest BCUT2D eigenvalue weighted by atomic mass is 79.9. The molecule has 4 nitrogen and oxygen atoms in total. The Morgan fingerprint density at radius 1 is 1.14 bits per heavy atom. The number of nitrogens with zero attached hydrogens (tertiary/aromatic N) is 2. The molecule has 2 fully saturated rings. The molecule has 0 aromatic heterocycles. The summed E-state index contributed by atoms with van der Waals surface area (Å²) in [6.07, 6.45) is 5.37. The number of benzene rings is 1. The van der Waals surface area contributed by atoms with Gasteiger partial charge in [-0.1, -0.05) is 28.8 Å². The molecule has 3 rings (SSSR count). The predicted molar refractivity (Wildman–Crippen MR) is 88.3 cm³/mol. The first-order valence-corrected chi connectivity index (χ1v) is 8.53. The van der Waals surface area contributed by atoms with E-state index in [0.717, 1.165) is 36.7 Å². The van der Waals surface area contributed by atoms with Crippen molar-refractivity contribution < 1.29 is 4.79 Å². The number of nitrogens with two attached hydrogens (primary N) is 1. The first-order chi connectivity index (χ1) is 10.1. The Labute approximate surface area is 134 Å². The molecule has 0 bridgehead atoms. The zero-order valence-corrected chi connectivity index (χ0v) is 13.8. The molecule has 1 saturated carbocycles. The highest BCUT2D eigenvalue weighted by molar-refractivity contribution is 9.10. The van der Waals surface area contributed by atoms with Crippen molar-refractivity contribution in [3.63, 3.8) is 0 Å². The van der Waals surface area contributed by atoms with Crippen LogP contribution in [0.5, 0.6) is 0 Å². The van der Waals surface area contributed by atoms with Gasteiger partial charge in [-0.3, -0.25) is 9.69 Å². The van der Waals surface area contributed by atoms with Crippen molar-refractivity contribution in [2.45, 2.75) is 31.7 Å². The van der Waals surface area contributed by atoms with Gasteiger partial charge in [0.1, 0.15) is 0 Å². The maximum atomic E-state index is 12.6. The zero-order chi connectivity index (χ0) is 14.8. The fraction of sp³-hybridized carbons (Fsp3) is 0.562. The van der Waals surface area contributed by atoms with E-state index >= 15 is 0 Å². The Hall–Kier alpha value is -1.07. The topological polar surface area (TPSA) is 49.6 Å². The van der Waals surface area contributed by atoms with E-state index in [1.165, 1.54) is 25.7 Å². The van der Waals surface area contributed by atoms with Crippen LogP contribution in [0.2, 0.25) is 0 Å². The first kappa shape index (κ1) is 14.9. The molecule has 1 aliphatic heterocycles. The smallest absolute Gasteiger partial charge is 0.256 e. The second-order valence-electron chi connectivity index (χ2n) is 6.00. The third-order valence-electron chi connectivity index (χ3n) is 4.69. The quantitative estimate of drug-likeness (QED) is 0.833. The number of amides is 1. The minimum absolute atomic E-state index is 0.0554.